The molecule has 0 aliphatic rings. The molecule has 5 heteroatoms. The molecule has 0 N–H and O–H groups in total. The second-order valence-electron chi connectivity index (χ2n) is 0.446. The van der Waals surface area contributed by atoms with E-state index >= 15 is 0 Å². The molecule has 0 saturated carbocycles. The number of alkyl halides is 3. The van der Waals surface area contributed by atoms with Crippen molar-refractivity contribution in [3.63, 3.8) is 0 Å². The van der Waals surface area contributed by atoms with Crippen LogP contribution in [0.25, 0.3) is 0 Å². The molecule has 0 bridgehead atoms. The monoisotopic (exact) mass is 208 g/mol. The van der Waals surface area contributed by atoms with E-state index in [9.17, 15) is 13.2 Å². The molecule has 0 heterocycles. The smallest absolute Gasteiger partial charge is 0.680 e. The molecule has 0 aromatic heterocycles. The van der Waals surface area contributed by atoms with Crippen molar-refractivity contribution in [1.29, 1.82) is 0 Å². The SMILES string of the molecule is FC(F)(F)[S-].[Ag+]. The van der Waals surface area contributed by atoms with Gasteiger partial charge in [0.15, 0.2) is 0 Å². The molecule has 0 amide bonds. The van der Waals surface area contributed by atoms with Gasteiger partial charge >= 0.3 is 22.4 Å². The Morgan fingerprint density at radius 1 is 1.17 bits per heavy atom. The summed E-state index contributed by atoms with van der Waals surface area (Å²) >= 11 is 2.83. The largest absolute Gasteiger partial charge is 1.00 e. The second kappa shape index (κ2) is 2.96. The summed E-state index contributed by atoms with van der Waals surface area (Å²) in [6.45, 7) is 0. The molecule has 0 aliphatic heterocycles. The molecule has 0 radical (unpaired) electrons. The molecule has 0 aliphatic carbocycles. The Bertz CT molecular complexity index is 26.3. The first-order chi connectivity index (χ1) is 2.00. The fraction of sp³-hybridized carbons (Fsp3) is 1.00. The first-order valence-corrected chi connectivity index (χ1v) is 1.18. The van der Waals surface area contributed by atoms with Gasteiger partial charge in [0, 0.05) is 0 Å². The standard InChI is InChI=1S/CHF3S.Ag/c2-1(3,4)5;/h5H;/q;+1/p-1. The van der Waals surface area contributed by atoms with Gasteiger partial charge in [-0.3, -0.25) is 0 Å². The molecular weight excluding hydrogens is 209 g/mol. The Labute approximate surface area is 54.0 Å². The second-order valence-corrected chi connectivity index (χ2v) is 0.909. The molecule has 0 spiro atoms. The predicted octanol–water partition coefficient (Wildman–Crippen LogP) is 1.05. The van der Waals surface area contributed by atoms with Crippen molar-refractivity contribution in [1.82, 2.24) is 0 Å². The third kappa shape index (κ3) is 94.8. The van der Waals surface area contributed by atoms with Crippen molar-refractivity contribution in [2.75, 3.05) is 0 Å². The van der Waals surface area contributed by atoms with E-state index in [0.29, 0.717) is 0 Å². The Kier molecular flexibility index (Phi) is 4.93. The normalized spacial score (nSPS) is 10.0. The molecule has 0 fully saturated rings. The van der Waals surface area contributed by atoms with Crippen LogP contribution in [0.5, 0.6) is 0 Å². The average Bonchev–Trinajstić information content (AvgIpc) is 0.722. The Balaban J connectivity index is 0. The minimum absolute atomic E-state index is 0. The maximum atomic E-state index is 10.2. The van der Waals surface area contributed by atoms with E-state index in [1.807, 2.05) is 0 Å². The summed E-state index contributed by atoms with van der Waals surface area (Å²) in [5, 5.41) is 0. The molecule has 0 unspecified atom stereocenters. The number of halogens is 3. The topological polar surface area (TPSA) is 0 Å². The summed E-state index contributed by atoms with van der Waals surface area (Å²) in [6.07, 6.45) is 0. The Morgan fingerprint density at radius 2 is 1.17 bits per heavy atom. The van der Waals surface area contributed by atoms with Crippen LogP contribution in [0.4, 0.5) is 13.2 Å². The quantitative estimate of drug-likeness (QED) is 0.424. The summed E-state index contributed by atoms with van der Waals surface area (Å²) < 4.78 is 30.5. The van der Waals surface area contributed by atoms with Crippen LogP contribution in [0.1, 0.15) is 0 Å². The van der Waals surface area contributed by atoms with Crippen molar-refractivity contribution in [3.05, 3.63) is 0 Å². The van der Waals surface area contributed by atoms with E-state index in [2.05, 4.69) is 12.6 Å². The van der Waals surface area contributed by atoms with Crippen molar-refractivity contribution < 1.29 is 35.6 Å². The summed E-state index contributed by atoms with van der Waals surface area (Å²) in [6, 6.07) is 0. The van der Waals surface area contributed by atoms with Crippen LogP contribution in [0, 0.1) is 0 Å². The summed E-state index contributed by atoms with van der Waals surface area (Å²) in [4.78, 5) is 0. The summed E-state index contributed by atoms with van der Waals surface area (Å²) in [5.74, 6) is 0. The van der Waals surface area contributed by atoms with Crippen molar-refractivity contribution >= 4 is 12.6 Å². The van der Waals surface area contributed by atoms with Crippen LogP contribution in [-0.2, 0) is 35.0 Å². The fourth-order valence-electron chi connectivity index (χ4n) is 0. The van der Waals surface area contributed by atoms with E-state index in [1.54, 1.807) is 0 Å². The maximum Gasteiger partial charge on any atom is 1.00 e. The molecule has 0 saturated heterocycles. The van der Waals surface area contributed by atoms with Crippen LogP contribution < -0.4 is 0 Å². The van der Waals surface area contributed by atoms with E-state index in [4.69, 9.17) is 0 Å². The van der Waals surface area contributed by atoms with Crippen LogP contribution in [0.15, 0.2) is 0 Å². The van der Waals surface area contributed by atoms with Gasteiger partial charge in [-0.1, -0.05) is 0 Å². The van der Waals surface area contributed by atoms with E-state index in [-0.39, 0.29) is 22.4 Å². The van der Waals surface area contributed by atoms with Crippen LogP contribution >= 0.6 is 0 Å². The van der Waals surface area contributed by atoms with E-state index in [0.717, 1.165) is 0 Å². The van der Waals surface area contributed by atoms with Crippen molar-refractivity contribution in [2.24, 2.45) is 0 Å². The molecule has 6 heavy (non-hydrogen) atoms. The van der Waals surface area contributed by atoms with Gasteiger partial charge in [-0.15, -0.1) is 0 Å². The predicted molar refractivity (Wildman–Crippen MR) is 13.4 cm³/mol. The third-order valence-electron chi connectivity index (χ3n) is 0. The first-order valence-electron chi connectivity index (χ1n) is 0.771. The molecule has 0 aromatic carbocycles. The zero-order chi connectivity index (χ0) is 4.50. The van der Waals surface area contributed by atoms with Gasteiger partial charge in [0.1, 0.15) is 0 Å². The molecule has 42 valence electrons. The van der Waals surface area contributed by atoms with Gasteiger partial charge in [0.05, 0.1) is 0 Å². The number of rotatable bonds is 0. The molecule has 0 aromatic rings. The van der Waals surface area contributed by atoms with Gasteiger partial charge in [-0.05, 0) is 0 Å². The number of hydrogen-bond donors (Lipinski definition) is 0. The van der Waals surface area contributed by atoms with E-state index < -0.39 is 5.51 Å². The maximum absolute atomic E-state index is 10.2. The van der Waals surface area contributed by atoms with Gasteiger partial charge in [0.25, 0.3) is 5.51 Å². The zero-order valence-corrected chi connectivity index (χ0v) is 4.64. The van der Waals surface area contributed by atoms with Crippen molar-refractivity contribution in [2.45, 2.75) is 5.51 Å². The summed E-state index contributed by atoms with van der Waals surface area (Å²) in [5.41, 5.74) is -4.42. The summed E-state index contributed by atoms with van der Waals surface area (Å²) in [7, 11) is 0. The fourth-order valence-corrected chi connectivity index (χ4v) is 0. The van der Waals surface area contributed by atoms with Gasteiger partial charge in [0.2, 0.25) is 0 Å². The molecule has 0 rings (SSSR count). The molecule has 0 atom stereocenters. The van der Waals surface area contributed by atoms with Crippen LogP contribution in [-0.4, -0.2) is 5.51 Å². The zero-order valence-electron chi connectivity index (χ0n) is 2.34. The van der Waals surface area contributed by atoms with Gasteiger partial charge < -0.3 is 12.6 Å². The van der Waals surface area contributed by atoms with Crippen LogP contribution in [0.3, 0.4) is 0 Å². The van der Waals surface area contributed by atoms with Gasteiger partial charge in [-0.2, -0.15) is 13.2 Å². The number of hydrogen-bond acceptors (Lipinski definition) is 1. The Morgan fingerprint density at radius 3 is 1.17 bits per heavy atom. The first kappa shape index (κ1) is 9.99. The Hall–Kier alpha value is 0.880. The average molecular weight is 209 g/mol. The van der Waals surface area contributed by atoms with Crippen LogP contribution in [0.2, 0.25) is 0 Å². The van der Waals surface area contributed by atoms with Crippen molar-refractivity contribution in [3.8, 4) is 0 Å². The minimum atomic E-state index is -4.42. The molecular formula is CAgF3S. The molecule has 0 nitrogen and oxygen atoms in total. The minimum Gasteiger partial charge on any atom is -0.680 e. The van der Waals surface area contributed by atoms with Gasteiger partial charge in [-0.25, -0.2) is 0 Å². The third-order valence-corrected chi connectivity index (χ3v) is 0. The van der Waals surface area contributed by atoms with E-state index in [1.165, 1.54) is 0 Å².